The number of halogens is 3. The fourth-order valence-corrected chi connectivity index (χ4v) is 1.87. The van der Waals surface area contributed by atoms with Crippen molar-refractivity contribution in [1.82, 2.24) is 5.32 Å². The topological polar surface area (TPSA) is 21.3 Å². The first-order valence-electron chi connectivity index (χ1n) is 5.51. The summed E-state index contributed by atoms with van der Waals surface area (Å²) in [5.74, 6) is -1.10. The Morgan fingerprint density at radius 2 is 1.71 bits per heavy atom. The van der Waals surface area contributed by atoms with Gasteiger partial charge in [-0.25, -0.2) is 8.78 Å². The minimum atomic E-state index is -0.552. The molecule has 0 amide bonds. The smallest absolute Gasteiger partial charge is 0.126 e. The van der Waals surface area contributed by atoms with Crippen molar-refractivity contribution in [2.75, 3.05) is 13.1 Å². The summed E-state index contributed by atoms with van der Waals surface area (Å²) in [6.45, 7) is 2.17. The van der Waals surface area contributed by atoms with E-state index in [0.717, 1.165) is 32.0 Å². The van der Waals surface area contributed by atoms with Gasteiger partial charge in [0.2, 0.25) is 0 Å². The summed E-state index contributed by atoms with van der Waals surface area (Å²) in [6, 6.07) is 3.49. The second-order valence-corrected chi connectivity index (χ2v) is 4.04. The SMILES string of the molecule is Cl.Fc1cc(F)cc(COC2CCNCC2)c1. The van der Waals surface area contributed by atoms with Crippen LogP contribution in [0.4, 0.5) is 8.78 Å². The van der Waals surface area contributed by atoms with Crippen molar-refractivity contribution < 1.29 is 13.5 Å². The number of ether oxygens (including phenoxy) is 1. The molecule has 0 radical (unpaired) electrons. The molecule has 1 aliphatic heterocycles. The Kier molecular flexibility index (Phi) is 5.82. The third-order valence-corrected chi connectivity index (χ3v) is 2.69. The van der Waals surface area contributed by atoms with Gasteiger partial charge in [0.15, 0.2) is 0 Å². The zero-order valence-electron chi connectivity index (χ0n) is 9.42. The highest BCUT2D eigenvalue weighted by Gasteiger charge is 2.13. The van der Waals surface area contributed by atoms with Crippen molar-refractivity contribution in [1.29, 1.82) is 0 Å². The molecule has 1 N–H and O–H groups in total. The Balaban J connectivity index is 0.00000144. The van der Waals surface area contributed by atoms with Crippen LogP contribution in [0.1, 0.15) is 18.4 Å². The molecule has 96 valence electrons. The number of hydrogen-bond donors (Lipinski definition) is 1. The highest BCUT2D eigenvalue weighted by Crippen LogP contribution is 2.13. The van der Waals surface area contributed by atoms with Gasteiger partial charge in [-0.3, -0.25) is 0 Å². The lowest BCUT2D eigenvalue weighted by atomic mass is 10.1. The molecule has 0 spiro atoms. The van der Waals surface area contributed by atoms with Crippen LogP contribution in [0.15, 0.2) is 18.2 Å². The van der Waals surface area contributed by atoms with Crippen LogP contribution in [0, 0.1) is 11.6 Å². The minimum absolute atomic E-state index is 0. The van der Waals surface area contributed by atoms with Gasteiger partial charge in [-0.05, 0) is 43.6 Å². The maximum Gasteiger partial charge on any atom is 0.126 e. The summed E-state index contributed by atoms with van der Waals surface area (Å²) in [4.78, 5) is 0. The third kappa shape index (κ3) is 4.58. The maximum atomic E-state index is 12.9. The van der Waals surface area contributed by atoms with E-state index in [1.54, 1.807) is 0 Å². The highest BCUT2D eigenvalue weighted by atomic mass is 35.5. The van der Waals surface area contributed by atoms with Crippen LogP contribution < -0.4 is 5.32 Å². The predicted octanol–water partition coefficient (Wildman–Crippen LogP) is 2.66. The van der Waals surface area contributed by atoms with Gasteiger partial charge in [-0.15, -0.1) is 12.4 Å². The first-order chi connectivity index (χ1) is 7.74. The maximum absolute atomic E-state index is 12.9. The van der Waals surface area contributed by atoms with E-state index < -0.39 is 11.6 Å². The highest BCUT2D eigenvalue weighted by molar-refractivity contribution is 5.85. The van der Waals surface area contributed by atoms with E-state index in [2.05, 4.69) is 5.32 Å². The van der Waals surface area contributed by atoms with E-state index in [9.17, 15) is 8.78 Å². The number of benzene rings is 1. The lowest BCUT2D eigenvalue weighted by Gasteiger charge is -2.22. The number of piperidine rings is 1. The molecule has 0 aliphatic carbocycles. The van der Waals surface area contributed by atoms with Crippen molar-refractivity contribution in [2.24, 2.45) is 0 Å². The molecule has 0 unspecified atom stereocenters. The van der Waals surface area contributed by atoms with Crippen molar-refractivity contribution in [3.63, 3.8) is 0 Å². The van der Waals surface area contributed by atoms with Gasteiger partial charge in [0.05, 0.1) is 12.7 Å². The Morgan fingerprint density at radius 3 is 2.29 bits per heavy atom. The minimum Gasteiger partial charge on any atom is -0.373 e. The summed E-state index contributed by atoms with van der Waals surface area (Å²) < 4.78 is 31.4. The molecule has 0 atom stereocenters. The molecule has 2 rings (SSSR count). The fraction of sp³-hybridized carbons (Fsp3) is 0.500. The zero-order chi connectivity index (χ0) is 11.4. The molecule has 1 saturated heterocycles. The molecule has 1 aromatic carbocycles. The van der Waals surface area contributed by atoms with Gasteiger partial charge >= 0.3 is 0 Å². The van der Waals surface area contributed by atoms with E-state index >= 15 is 0 Å². The van der Waals surface area contributed by atoms with Gasteiger partial charge in [-0.1, -0.05) is 0 Å². The number of rotatable bonds is 3. The van der Waals surface area contributed by atoms with E-state index in [4.69, 9.17) is 4.74 Å². The Bertz CT molecular complexity index is 336. The number of hydrogen-bond acceptors (Lipinski definition) is 2. The second kappa shape index (κ2) is 6.89. The summed E-state index contributed by atoms with van der Waals surface area (Å²) >= 11 is 0. The van der Waals surface area contributed by atoms with Crippen LogP contribution in [0.5, 0.6) is 0 Å². The molecule has 2 nitrogen and oxygen atoms in total. The third-order valence-electron chi connectivity index (χ3n) is 2.69. The molecule has 0 bridgehead atoms. The molecule has 1 aromatic rings. The predicted molar refractivity (Wildman–Crippen MR) is 64.3 cm³/mol. The van der Waals surface area contributed by atoms with Crippen LogP contribution in [-0.2, 0) is 11.3 Å². The van der Waals surface area contributed by atoms with Crippen molar-refractivity contribution >= 4 is 12.4 Å². The van der Waals surface area contributed by atoms with E-state index in [0.29, 0.717) is 5.56 Å². The lowest BCUT2D eigenvalue weighted by molar-refractivity contribution is 0.0210. The average molecular weight is 264 g/mol. The monoisotopic (exact) mass is 263 g/mol. The molecule has 0 aromatic heterocycles. The summed E-state index contributed by atoms with van der Waals surface area (Å²) in [6.07, 6.45) is 2.11. The molecule has 17 heavy (non-hydrogen) atoms. The summed E-state index contributed by atoms with van der Waals surface area (Å²) in [7, 11) is 0. The van der Waals surface area contributed by atoms with E-state index in [1.165, 1.54) is 12.1 Å². The Morgan fingerprint density at radius 1 is 1.12 bits per heavy atom. The van der Waals surface area contributed by atoms with Crippen LogP contribution >= 0.6 is 12.4 Å². The van der Waals surface area contributed by atoms with Gasteiger partial charge in [0.25, 0.3) is 0 Å². The quantitative estimate of drug-likeness (QED) is 0.905. The molecule has 1 fully saturated rings. The molecule has 0 saturated carbocycles. The first kappa shape index (κ1) is 14.4. The summed E-state index contributed by atoms with van der Waals surface area (Å²) in [5.41, 5.74) is 0.552. The standard InChI is InChI=1S/C12H15F2NO.ClH/c13-10-5-9(6-11(14)7-10)8-16-12-1-3-15-4-2-12;/h5-7,12,15H,1-4,8H2;1H. The molecule has 1 aliphatic rings. The Labute approximate surface area is 106 Å². The van der Waals surface area contributed by atoms with Crippen LogP contribution in [0.25, 0.3) is 0 Å². The van der Waals surface area contributed by atoms with E-state index in [1.807, 2.05) is 0 Å². The summed E-state index contributed by atoms with van der Waals surface area (Å²) in [5, 5.41) is 3.23. The van der Waals surface area contributed by atoms with Crippen molar-refractivity contribution in [2.45, 2.75) is 25.6 Å². The fourth-order valence-electron chi connectivity index (χ4n) is 1.87. The van der Waals surface area contributed by atoms with Crippen molar-refractivity contribution in [3.05, 3.63) is 35.4 Å². The van der Waals surface area contributed by atoms with E-state index in [-0.39, 0.29) is 25.1 Å². The molecular formula is C12H16ClF2NO. The first-order valence-corrected chi connectivity index (χ1v) is 5.51. The normalized spacial score (nSPS) is 16.6. The largest absolute Gasteiger partial charge is 0.373 e. The lowest BCUT2D eigenvalue weighted by Crippen LogP contribution is -2.32. The van der Waals surface area contributed by atoms with Gasteiger partial charge in [-0.2, -0.15) is 0 Å². The van der Waals surface area contributed by atoms with Gasteiger partial charge < -0.3 is 10.1 Å². The van der Waals surface area contributed by atoms with Crippen LogP contribution in [0.2, 0.25) is 0 Å². The van der Waals surface area contributed by atoms with Gasteiger partial charge in [0, 0.05) is 6.07 Å². The number of nitrogens with one attached hydrogen (secondary N) is 1. The molecule has 5 heteroatoms. The second-order valence-electron chi connectivity index (χ2n) is 4.04. The van der Waals surface area contributed by atoms with Crippen molar-refractivity contribution in [3.8, 4) is 0 Å². The Hall–Kier alpha value is -0.710. The zero-order valence-corrected chi connectivity index (χ0v) is 10.2. The van der Waals surface area contributed by atoms with Crippen LogP contribution in [-0.4, -0.2) is 19.2 Å². The average Bonchev–Trinajstić information content (AvgIpc) is 2.27. The van der Waals surface area contributed by atoms with Gasteiger partial charge in [0.1, 0.15) is 11.6 Å². The molecular weight excluding hydrogens is 248 g/mol. The van der Waals surface area contributed by atoms with Crippen LogP contribution in [0.3, 0.4) is 0 Å². The molecule has 1 heterocycles.